The fourth-order valence-electron chi connectivity index (χ4n) is 1.60. The Labute approximate surface area is 115 Å². The molecule has 0 aliphatic rings. The van der Waals surface area contributed by atoms with Crippen LogP contribution in [0.3, 0.4) is 0 Å². The van der Waals surface area contributed by atoms with Crippen LogP contribution in [0.2, 0.25) is 0 Å². The van der Waals surface area contributed by atoms with Crippen molar-refractivity contribution < 1.29 is 9.59 Å². The molecule has 20 heavy (non-hydrogen) atoms. The highest BCUT2D eigenvalue weighted by molar-refractivity contribution is 6.03. The van der Waals surface area contributed by atoms with E-state index in [-0.39, 0.29) is 11.8 Å². The van der Waals surface area contributed by atoms with Gasteiger partial charge in [0.1, 0.15) is 11.5 Å². The first-order valence-electron chi connectivity index (χ1n) is 6.00. The second kappa shape index (κ2) is 5.87. The molecule has 2 amide bonds. The molecule has 7 heteroatoms. The van der Waals surface area contributed by atoms with Crippen LogP contribution in [0.4, 0.5) is 17.2 Å². The first-order valence-corrected chi connectivity index (χ1v) is 6.00. The van der Waals surface area contributed by atoms with Crippen molar-refractivity contribution in [1.29, 1.82) is 0 Å². The molecule has 0 fully saturated rings. The van der Waals surface area contributed by atoms with E-state index in [1.54, 1.807) is 37.4 Å². The molecule has 1 heterocycles. The van der Waals surface area contributed by atoms with Crippen LogP contribution in [-0.4, -0.2) is 29.1 Å². The average Bonchev–Trinajstić information content (AvgIpc) is 2.89. The molecular formula is C13H15N5O2. The van der Waals surface area contributed by atoms with E-state index in [2.05, 4.69) is 26.1 Å². The molecule has 0 spiro atoms. The van der Waals surface area contributed by atoms with Gasteiger partial charge in [-0.2, -0.15) is 5.10 Å². The molecule has 0 bridgehead atoms. The molecule has 104 valence electrons. The van der Waals surface area contributed by atoms with E-state index in [9.17, 15) is 9.59 Å². The quantitative estimate of drug-likeness (QED) is 0.680. The minimum atomic E-state index is -0.286. The number of carbonyl (C=O) groups excluding carboxylic acids is 2. The Morgan fingerprint density at radius 1 is 1.10 bits per heavy atom. The van der Waals surface area contributed by atoms with Gasteiger partial charge in [0.25, 0.3) is 5.91 Å². The Morgan fingerprint density at radius 2 is 1.70 bits per heavy atom. The molecule has 7 nitrogen and oxygen atoms in total. The number of H-pyrrole nitrogens is 1. The van der Waals surface area contributed by atoms with Crippen LogP contribution in [0.5, 0.6) is 0 Å². The number of amides is 2. The number of rotatable bonds is 4. The van der Waals surface area contributed by atoms with Gasteiger partial charge in [-0.05, 0) is 24.3 Å². The third-order valence-corrected chi connectivity index (χ3v) is 2.54. The SMILES string of the molecule is CNc1cc(C(=O)Nc2ccc(NC(C)=O)cc2)[nH]n1. The number of nitrogens with one attached hydrogen (secondary N) is 4. The van der Waals surface area contributed by atoms with Gasteiger partial charge in [0.15, 0.2) is 0 Å². The number of anilines is 3. The molecule has 0 saturated carbocycles. The molecule has 1 aromatic heterocycles. The number of hydrogen-bond donors (Lipinski definition) is 4. The number of hydrogen-bond acceptors (Lipinski definition) is 4. The summed E-state index contributed by atoms with van der Waals surface area (Å²) in [4.78, 5) is 22.8. The first-order chi connectivity index (χ1) is 9.58. The summed E-state index contributed by atoms with van der Waals surface area (Å²) >= 11 is 0. The zero-order valence-electron chi connectivity index (χ0n) is 11.2. The molecule has 1 aromatic carbocycles. The van der Waals surface area contributed by atoms with Gasteiger partial charge in [-0.3, -0.25) is 14.7 Å². The molecule has 4 N–H and O–H groups in total. The molecule has 0 aliphatic heterocycles. The highest BCUT2D eigenvalue weighted by atomic mass is 16.2. The Morgan fingerprint density at radius 3 is 2.20 bits per heavy atom. The summed E-state index contributed by atoms with van der Waals surface area (Å²) in [5.41, 5.74) is 1.67. The fourth-order valence-corrected chi connectivity index (χ4v) is 1.60. The summed E-state index contributed by atoms with van der Waals surface area (Å²) in [6, 6.07) is 8.45. The van der Waals surface area contributed by atoms with Crippen molar-refractivity contribution >= 4 is 29.0 Å². The molecule has 0 radical (unpaired) electrons. The maximum Gasteiger partial charge on any atom is 0.273 e. The summed E-state index contributed by atoms with van der Waals surface area (Å²) in [7, 11) is 1.72. The van der Waals surface area contributed by atoms with Gasteiger partial charge < -0.3 is 16.0 Å². The lowest BCUT2D eigenvalue weighted by Gasteiger charge is -2.05. The largest absolute Gasteiger partial charge is 0.372 e. The minimum Gasteiger partial charge on any atom is -0.372 e. The lowest BCUT2D eigenvalue weighted by atomic mass is 10.2. The summed E-state index contributed by atoms with van der Waals surface area (Å²) in [6.45, 7) is 1.44. The zero-order valence-corrected chi connectivity index (χ0v) is 11.2. The maximum atomic E-state index is 11.9. The van der Waals surface area contributed by atoms with E-state index in [1.165, 1.54) is 6.92 Å². The third kappa shape index (κ3) is 3.35. The van der Waals surface area contributed by atoms with Crippen LogP contribution in [0.25, 0.3) is 0 Å². The van der Waals surface area contributed by atoms with E-state index >= 15 is 0 Å². The summed E-state index contributed by atoms with van der Waals surface area (Å²) in [6.07, 6.45) is 0. The lowest BCUT2D eigenvalue weighted by Crippen LogP contribution is -2.12. The monoisotopic (exact) mass is 273 g/mol. The van der Waals surface area contributed by atoms with Gasteiger partial charge in [0.2, 0.25) is 5.91 Å². The average molecular weight is 273 g/mol. The number of carbonyl (C=O) groups is 2. The number of aromatic nitrogens is 2. The molecule has 0 aliphatic carbocycles. The van der Waals surface area contributed by atoms with Crippen molar-refractivity contribution in [1.82, 2.24) is 10.2 Å². The number of nitrogens with zero attached hydrogens (tertiary/aromatic N) is 1. The zero-order chi connectivity index (χ0) is 14.5. The second-order valence-electron chi connectivity index (χ2n) is 4.13. The highest BCUT2D eigenvalue weighted by Gasteiger charge is 2.09. The molecule has 0 atom stereocenters. The molecule has 0 saturated heterocycles. The summed E-state index contributed by atoms with van der Waals surface area (Å²) in [5, 5.41) is 14.7. The van der Waals surface area contributed by atoms with Crippen LogP contribution in [0.1, 0.15) is 17.4 Å². The van der Waals surface area contributed by atoms with E-state index in [0.717, 1.165) is 0 Å². The number of benzene rings is 1. The fraction of sp³-hybridized carbons (Fsp3) is 0.154. The second-order valence-corrected chi connectivity index (χ2v) is 4.13. The maximum absolute atomic E-state index is 11.9. The highest BCUT2D eigenvalue weighted by Crippen LogP contribution is 2.14. The lowest BCUT2D eigenvalue weighted by molar-refractivity contribution is -0.114. The number of aromatic amines is 1. The third-order valence-electron chi connectivity index (χ3n) is 2.54. The topological polar surface area (TPSA) is 98.9 Å². The van der Waals surface area contributed by atoms with Gasteiger partial charge in [0, 0.05) is 31.4 Å². The smallest absolute Gasteiger partial charge is 0.273 e. The van der Waals surface area contributed by atoms with E-state index in [4.69, 9.17) is 0 Å². The van der Waals surface area contributed by atoms with E-state index in [1.807, 2.05) is 0 Å². The molecular weight excluding hydrogens is 258 g/mol. The molecule has 2 aromatic rings. The van der Waals surface area contributed by atoms with Gasteiger partial charge in [-0.25, -0.2) is 0 Å². The van der Waals surface area contributed by atoms with Crippen LogP contribution >= 0.6 is 0 Å². The van der Waals surface area contributed by atoms with E-state index in [0.29, 0.717) is 22.9 Å². The van der Waals surface area contributed by atoms with Gasteiger partial charge in [0.05, 0.1) is 0 Å². The van der Waals surface area contributed by atoms with Crippen molar-refractivity contribution in [3.05, 3.63) is 36.0 Å². The Kier molecular flexibility index (Phi) is 3.99. The summed E-state index contributed by atoms with van der Waals surface area (Å²) < 4.78 is 0. The Bertz CT molecular complexity index is 618. The Balaban J connectivity index is 2.02. The standard InChI is InChI=1S/C13H15N5O2/c1-8(19)15-9-3-5-10(6-4-9)16-13(20)11-7-12(14-2)18-17-11/h3-7H,1-2H3,(H,15,19)(H,16,20)(H2,14,17,18). The van der Waals surface area contributed by atoms with Crippen LogP contribution in [-0.2, 0) is 4.79 Å². The van der Waals surface area contributed by atoms with Crippen molar-refractivity contribution in [2.24, 2.45) is 0 Å². The molecule has 2 rings (SSSR count). The van der Waals surface area contributed by atoms with Crippen LogP contribution in [0, 0.1) is 0 Å². The van der Waals surface area contributed by atoms with Crippen LogP contribution in [0.15, 0.2) is 30.3 Å². The normalized spacial score (nSPS) is 9.90. The first kappa shape index (κ1) is 13.6. The minimum absolute atomic E-state index is 0.140. The van der Waals surface area contributed by atoms with Crippen molar-refractivity contribution in [3.8, 4) is 0 Å². The van der Waals surface area contributed by atoms with Gasteiger partial charge >= 0.3 is 0 Å². The Hall–Kier alpha value is -2.83. The van der Waals surface area contributed by atoms with Crippen molar-refractivity contribution in [2.45, 2.75) is 6.92 Å². The van der Waals surface area contributed by atoms with Crippen molar-refractivity contribution in [3.63, 3.8) is 0 Å². The predicted octanol–water partition coefficient (Wildman–Crippen LogP) is 1.66. The van der Waals surface area contributed by atoms with Crippen molar-refractivity contribution in [2.75, 3.05) is 23.0 Å². The van der Waals surface area contributed by atoms with Crippen LogP contribution < -0.4 is 16.0 Å². The predicted molar refractivity (Wildman–Crippen MR) is 76.8 cm³/mol. The van der Waals surface area contributed by atoms with Gasteiger partial charge in [-0.15, -0.1) is 0 Å². The summed E-state index contributed by atoms with van der Waals surface area (Å²) in [5.74, 6) is 0.168. The van der Waals surface area contributed by atoms with E-state index < -0.39 is 0 Å². The van der Waals surface area contributed by atoms with Gasteiger partial charge in [-0.1, -0.05) is 0 Å². The molecule has 0 unspecified atom stereocenters.